The van der Waals surface area contributed by atoms with Gasteiger partial charge in [0, 0.05) is 18.2 Å². The van der Waals surface area contributed by atoms with E-state index in [1.807, 2.05) is 26.0 Å². The first-order valence-electron chi connectivity index (χ1n) is 7.74. The number of nitriles is 1. The highest BCUT2D eigenvalue weighted by Gasteiger charge is 2.30. The first kappa shape index (κ1) is 17.6. The van der Waals surface area contributed by atoms with Crippen LogP contribution in [0, 0.1) is 25.2 Å². The van der Waals surface area contributed by atoms with E-state index in [0.717, 1.165) is 23.5 Å². The highest BCUT2D eigenvalue weighted by Crippen LogP contribution is 2.29. The molecule has 0 aliphatic rings. The summed E-state index contributed by atoms with van der Waals surface area (Å²) < 4.78 is 40.2. The molecule has 5 nitrogen and oxygen atoms in total. The van der Waals surface area contributed by atoms with Crippen molar-refractivity contribution in [2.45, 2.75) is 26.4 Å². The Kier molecular flexibility index (Phi) is 4.47. The van der Waals surface area contributed by atoms with Crippen molar-refractivity contribution in [2.75, 3.05) is 0 Å². The van der Waals surface area contributed by atoms with Crippen LogP contribution < -0.4 is 0 Å². The van der Waals surface area contributed by atoms with Crippen molar-refractivity contribution in [3.05, 3.63) is 70.4 Å². The second kappa shape index (κ2) is 6.59. The molecule has 0 unspecified atom stereocenters. The average molecular weight is 357 g/mol. The van der Waals surface area contributed by atoms with Crippen LogP contribution in [0.1, 0.15) is 34.0 Å². The highest BCUT2D eigenvalue weighted by atomic mass is 19.4. The molecule has 0 bridgehead atoms. The molecular formula is C18H14F3N5. The molecule has 0 atom stereocenters. The van der Waals surface area contributed by atoms with Crippen LogP contribution in [0.4, 0.5) is 13.2 Å². The van der Waals surface area contributed by atoms with Crippen molar-refractivity contribution in [3.8, 4) is 11.9 Å². The number of hydrogen-bond acceptors (Lipinski definition) is 4. The summed E-state index contributed by atoms with van der Waals surface area (Å²) in [7, 11) is 0. The van der Waals surface area contributed by atoms with E-state index in [9.17, 15) is 18.4 Å². The van der Waals surface area contributed by atoms with Crippen molar-refractivity contribution >= 4 is 0 Å². The SMILES string of the molecule is Cc1cc(C)n(-c2cc(C#N)nc(Cc3cccc(C(F)(F)F)c3)n2)n1. The van der Waals surface area contributed by atoms with Crippen molar-refractivity contribution < 1.29 is 13.2 Å². The van der Waals surface area contributed by atoms with Gasteiger partial charge in [-0.1, -0.05) is 18.2 Å². The van der Waals surface area contributed by atoms with Gasteiger partial charge >= 0.3 is 6.18 Å². The van der Waals surface area contributed by atoms with E-state index in [4.69, 9.17) is 0 Å². The van der Waals surface area contributed by atoms with Crippen molar-refractivity contribution in [2.24, 2.45) is 0 Å². The molecule has 0 radical (unpaired) electrons. The van der Waals surface area contributed by atoms with E-state index in [1.165, 1.54) is 12.1 Å². The monoisotopic (exact) mass is 357 g/mol. The van der Waals surface area contributed by atoms with Crippen molar-refractivity contribution in [3.63, 3.8) is 0 Å². The number of benzene rings is 1. The van der Waals surface area contributed by atoms with Crippen LogP contribution in [0.15, 0.2) is 36.4 Å². The van der Waals surface area contributed by atoms with Gasteiger partial charge in [-0.05, 0) is 31.5 Å². The molecule has 8 heteroatoms. The Bertz CT molecular complexity index is 999. The number of hydrogen-bond donors (Lipinski definition) is 0. The lowest BCUT2D eigenvalue weighted by atomic mass is 10.1. The third kappa shape index (κ3) is 3.72. The third-order valence-corrected chi connectivity index (χ3v) is 3.72. The molecule has 3 rings (SSSR count). The summed E-state index contributed by atoms with van der Waals surface area (Å²) in [5, 5.41) is 13.5. The summed E-state index contributed by atoms with van der Waals surface area (Å²) in [5.74, 6) is 0.662. The largest absolute Gasteiger partial charge is 0.416 e. The van der Waals surface area contributed by atoms with Gasteiger partial charge in [-0.2, -0.15) is 23.5 Å². The summed E-state index contributed by atoms with van der Waals surface area (Å²) in [6.45, 7) is 3.68. The van der Waals surface area contributed by atoms with E-state index < -0.39 is 11.7 Å². The van der Waals surface area contributed by atoms with Crippen LogP contribution in [0.5, 0.6) is 0 Å². The lowest BCUT2D eigenvalue weighted by Gasteiger charge is -2.09. The maximum absolute atomic E-state index is 12.9. The van der Waals surface area contributed by atoms with Gasteiger partial charge in [0.05, 0.1) is 11.3 Å². The summed E-state index contributed by atoms with van der Waals surface area (Å²) in [6, 6.07) is 10.3. The smallest absolute Gasteiger partial charge is 0.222 e. The van der Waals surface area contributed by atoms with Crippen LogP contribution >= 0.6 is 0 Å². The van der Waals surface area contributed by atoms with Gasteiger partial charge in [-0.15, -0.1) is 0 Å². The average Bonchev–Trinajstić information content (AvgIpc) is 2.92. The van der Waals surface area contributed by atoms with E-state index >= 15 is 0 Å². The molecule has 0 fully saturated rings. The van der Waals surface area contributed by atoms with Crippen LogP contribution in [-0.2, 0) is 12.6 Å². The third-order valence-electron chi connectivity index (χ3n) is 3.72. The molecule has 2 heterocycles. The normalized spacial score (nSPS) is 11.4. The molecule has 0 spiro atoms. The van der Waals surface area contributed by atoms with E-state index in [-0.39, 0.29) is 17.9 Å². The fourth-order valence-electron chi connectivity index (χ4n) is 2.63. The van der Waals surface area contributed by atoms with Crippen LogP contribution in [0.2, 0.25) is 0 Å². The lowest BCUT2D eigenvalue weighted by Crippen LogP contribution is -2.09. The van der Waals surface area contributed by atoms with Gasteiger partial charge in [0.1, 0.15) is 17.6 Å². The van der Waals surface area contributed by atoms with Crippen LogP contribution in [-0.4, -0.2) is 19.7 Å². The second-order valence-corrected chi connectivity index (χ2v) is 5.85. The topological polar surface area (TPSA) is 67.4 Å². The van der Waals surface area contributed by atoms with Crippen molar-refractivity contribution in [1.29, 1.82) is 5.26 Å². The molecule has 1 aromatic carbocycles. The maximum Gasteiger partial charge on any atom is 0.416 e. The van der Waals surface area contributed by atoms with E-state index in [0.29, 0.717) is 11.4 Å². The number of alkyl halides is 3. The van der Waals surface area contributed by atoms with Gasteiger partial charge in [-0.3, -0.25) is 0 Å². The number of halogens is 3. The minimum atomic E-state index is -4.42. The second-order valence-electron chi connectivity index (χ2n) is 5.85. The Morgan fingerprint density at radius 1 is 1.12 bits per heavy atom. The molecule has 0 aliphatic heterocycles. The minimum Gasteiger partial charge on any atom is -0.222 e. The zero-order valence-corrected chi connectivity index (χ0v) is 14.0. The van der Waals surface area contributed by atoms with Gasteiger partial charge in [0.2, 0.25) is 0 Å². The molecule has 0 N–H and O–H groups in total. The molecule has 26 heavy (non-hydrogen) atoms. The molecule has 2 aromatic heterocycles. The summed E-state index contributed by atoms with van der Waals surface area (Å²) in [4.78, 5) is 8.48. The molecule has 132 valence electrons. The quantitative estimate of drug-likeness (QED) is 0.716. The molecule has 0 saturated carbocycles. The number of aryl methyl sites for hydroxylation is 2. The summed E-state index contributed by atoms with van der Waals surface area (Å²) in [6.07, 6.45) is -4.34. The minimum absolute atomic E-state index is 0.0751. The first-order chi connectivity index (χ1) is 12.3. The molecular weight excluding hydrogens is 343 g/mol. The standard InChI is InChI=1S/C18H14F3N5/c1-11-6-12(2)26(25-11)17-9-15(10-22)23-16(24-17)8-13-4-3-5-14(7-13)18(19,20)21/h3-7,9H,8H2,1-2H3. The molecule has 0 amide bonds. The predicted molar refractivity (Wildman–Crippen MR) is 87.6 cm³/mol. The Morgan fingerprint density at radius 3 is 2.50 bits per heavy atom. The fourth-order valence-corrected chi connectivity index (χ4v) is 2.63. The fraction of sp³-hybridized carbons (Fsp3) is 0.222. The Labute approximate surface area is 147 Å². The van der Waals surface area contributed by atoms with Gasteiger partial charge in [0.25, 0.3) is 0 Å². The zero-order valence-electron chi connectivity index (χ0n) is 14.0. The maximum atomic E-state index is 12.9. The van der Waals surface area contributed by atoms with Gasteiger partial charge < -0.3 is 0 Å². The van der Waals surface area contributed by atoms with Gasteiger partial charge in [0.15, 0.2) is 5.82 Å². The van der Waals surface area contributed by atoms with E-state index in [1.54, 1.807) is 10.7 Å². The highest BCUT2D eigenvalue weighted by molar-refractivity contribution is 5.35. The Hall–Kier alpha value is -3.21. The van der Waals surface area contributed by atoms with Crippen LogP contribution in [0.25, 0.3) is 5.82 Å². The Balaban J connectivity index is 2.00. The molecule has 0 aliphatic carbocycles. The lowest BCUT2D eigenvalue weighted by molar-refractivity contribution is -0.137. The zero-order chi connectivity index (χ0) is 18.9. The van der Waals surface area contributed by atoms with Gasteiger partial charge in [-0.25, -0.2) is 14.6 Å². The first-order valence-corrected chi connectivity index (χ1v) is 7.74. The molecule has 0 saturated heterocycles. The summed E-state index contributed by atoms with van der Waals surface area (Å²) >= 11 is 0. The van der Waals surface area contributed by atoms with Crippen LogP contribution in [0.3, 0.4) is 0 Å². The number of rotatable bonds is 3. The summed E-state index contributed by atoms with van der Waals surface area (Å²) in [5.41, 5.74) is 1.43. The number of nitrogens with zero attached hydrogens (tertiary/aromatic N) is 5. The van der Waals surface area contributed by atoms with Crippen molar-refractivity contribution in [1.82, 2.24) is 19.7 Å². The van der Waals surface area contributed by atoms with E-state index in [2.05, 4.69) is 15.1 Å². The molecule has 3 aromatic rings. The number of aromatic nitrogens is 4. The predicted octanol–water partition coefficient (Wildman–Crippen LogP) is 3.76. The Morgan fingerprint density at radius 2 is 1.88 bits per heavy atom.